The number of imidazole rings is 1. The molecule has 16 heavy (non-hydrogen) atoms. The molecule has 0 saturated heterocycles. The molecule has 0 radical (unpaired) electrons. The third-order valence-electron chi connectivity index (χ3n) is 2.38. The second-order valence-electron chi connectivity index (χ2n) is 3.37. The zero-order chi connectivity index (χ0) is 11.1. The number of hydrogen-bond acceptors (Lipinski definition) is 4. The summed E-state index contributed by atoms with van der Waals surface area (Å²) >= 11 is 0. The van der Waals surface area contributed by atoms with E-state index in [0.29, 0.717) is 5.52 Å². The molecule has 3 rings (SSSR count). The van der Waals surface area contributed by atoms with E-state index >= 15 is 0 Å². The maximum absolute atomic E-state index is 11.0. The number of hydrogen-bond donors (Lipinski definition) is 1. The number of pyridine rings is 1. The van der Waals surface area contributed by atoms with Gasteiger partial charge < -0.3 is 5.73 Å². The number of primary amides is 1. The number of carbonyl (C=O) groups is 1. The van der Waals surface area contributed by atoms with E-state index in [0.717, 1.165) is 11.0 Å². The number of fused-ring (bicyclic) bond motifs is 3. The standard InChI is InChI=1S/C10H7N5O/c11-10(16)7-1-9-8(4-14-7)13-3-6-2-12-5-15(6)9/h1-5H,(H2,11,16). The molecule has 0 aliphatic heterocycles. The van der Waals surface area contributed by atoms with Gasteiger partial charge in [0, 0.05) is 0 Å². The molecule has 0 aliphatic rings. The molecule has 0 unspecified atom stereocenters. The van der Waals surface area contributed by atoms with E-state index < -0.39 is 5.91 Å². The first-order valence-electron chi connectivity index (χ1n) is 4.62. The molecule has 3 heterocycles. The Labute approximate surface area is 89.8 Å². The zero-order valence-electron chi connectivity index (χ0n) is 8.16. The first-order valence-corrected chi connectivity index (χ1v) is 4.62. The second-order valence-corrected chi connectivity index (χ2v) is 3.37. The van der Waals surface area contributed by atoms with Gasteiger partial charge in [-0.05, 0) is 6.07 Å². The van der Waals surface area contributed by atoms with Crippen LogP contribution in [0.1, 0.15) is 10.5 Å². The van der Waals surface area contributed by atoms with Crippen molar-refractivity contribution in [2.45, 2.75) is 0 Å². The lowest BCUT2D eigenvalue weighted by atomic mass is 10.3. The molecule has 78 valence electrons. The van der Waals surface area contributed by atoms with Gasteiger partial charge in [-0.25, -0.2) is 9.97 Å². The van der Waals surface area contributed by atoms with Crippen LogP contribution >= 0.6 is 0 Å². The summed E-state index contributed by atoms with van der Waals surface area (Å²) < 4.78 is 1.83. The van der Waals surface area contributed by atoms with E-state index in [2.05, 4.69) is 15.0 Å². The number of nitrogens with two attached hydrogens (primary N) is 1. The highest BCUT2D eigenvalue weighted by Crippen LogP contribution is 2.13. The van der Waals surface area contributed by atoms with E-state index in [1.54, 1.807) is 24.8 Å². The summed E-state index contributed by atoms with van der Waals surface area (Å²) in [5, 5.41) is 0. The minimum atomic E-state index is -0.556. The molecule has 0 aromatic carbocycles. The molecule has 0 aliphatic carbocycles. The van der Waals surface area contributed by atoms with E-state index in [9.17, 15) is 4.79 Å². The molecule has 3 aromatic heterocycles. The van der Waals surface area contributed by atoms with Crippen molar-refractivity contribution in [3.8, 4) is 0 Å². The topological polar surface area (TPSA) is 86.2 Å². The lowest BCUT2D eigenvalue weighted by Gasteiger charge is -2.01. The summed E-state index contributed by atoms with van der Waals surface area (Å²) in [6.45, 7) is 0. The Kier molecular flexibility index (Phi) is 1.64. The third-order valence-corrected chi connectivity index (χ3v) is 2.38. The molecule has 0 atom stereocenters. The van der Waals surface area contributed by atoms with Crippen LogP contribution in [0.4, 0.5) is 0 Å². The minimum Gasteiger partial charge on any atom is -0.364 e. The fraction of sp³-hybridized carbons (Fsp3) is 0. The van der Waals surface area contributed by atoms with Crippen molar-refractivity contribution in [3.63, 3.8) is 0 Å². The van der Waals surface area contributed by atoms with E-state index in [4.69, 9.17) is 5.73 Å². The largest absolute Gasteiger partial charge is 0.364 e. The van der Waals surface area contributed by atoms with Crippen molar-refractivity contribution in [1.82, 2.24) is 19.4 Å². The minimum absolute atomic E-state index is 0.218. The normalized spacial score (nSPS) is 11.0. The van der Waals surface area contributed by atoms with Crippen LogP contribution in [-0.2, 0) is 0 Å². The average Bonchev–Trinajstić information content (AvgIpc) is 2.76. The lowest BCUT2D eigenvalue weighted by molar-refractivity contribution is 0.0996. The van der Waals surface area contributed by atoms with Crippen molar-refractivity contribution in [1.29, 1.82) is 0 Å². The molecular formula is C10H7N5O. The SMILES string of the molecule is NC(=O)c1cc2c(cn1)ncc1cncn12. The van der Waals surface area contributed by atoms with Crippen molar-refractivity contribution in [2.24, 2.45) is 5.73 Å². The van der Waals surface area contributed by atoms with Gasteiger partial charge in [-0.15, -0.1) is 0 Å². The highest BCUT2D eigenvalue weighted by molar-refractivity contribution is 5.94. The molecule has 2 N–H and O–H groups in total. The van der Waals surface area contributed by atoms with Crippen LogP contribution < -0.4 is 5.73 Å². The average molecular weight is 213 g/mol. The fourth-order valence-electron chi connectivity index (χ4n) is 1.60. The Morgan fingerprint density at radius 2 is 2.12 bits per heavy atom. The Bertz CT molecular complexity index is 703. The molecule has 6 nitrogen and oxygen atoms in total. The molecule has 0 fully saturated rings. The van der Waals surface area contributed by atoms with Crippen LogP contribution in [-0.4, -0.2) is 25.3 Å². The second kappa shape index (κ2) is 2.99. The van der Waals surface area contributed by atoms with Gasteiger partial charge in [0.25, 0.3) is 5.91 Å². The van der Waals surface area contributed by atoms with Gasteiger partial charge >= 0.3 is 0 Å². The fourth-order valence-corrected chi connectivity index (χ4v) is 1.60. The molecule has 1 amide bonds. The van der Waals surface area contributed by atoms with Gasteiger partial charge in [-0.1, -0.05) is 0 Å². The molecule has 6 heteroatoms. The van der Waals surface area contributed by atoms with Gasteiger partial charge in [0.1, 0.15) is 11.2 Å². The number of amides is 1. The maximum atomic E-state index is 11.0. The van der Waals surface area contributed by atoms with Gasteiger partial charge in [0.05, 0.1) is 36.0 Å². The van der Waals surface area contributed by atoms with Gasteiger partial charge in [0.15, 0.2) is 0 Å². The van der Waals surface area contributed by atoms with Crippen molar-refractivity contribution >= 4 is 22.5 Å². The summed E-state index contributed by atoms with van der Waals surface area (Å²) in [6, 6.07) is 1.61. The molecule has 0 spiro atoms. The predicted molar refractivity (Wildman–Crippen MR) is 56.8 cm³/mol. The highest BCUT2D eigenvalue weighted by atomic mass is 16.1. The maximum Gasteiger partial charge on any atom is 0.267 e. The summed E-state index contributed by atoms with van der Waals surface area (Å²) in [4.78, 5) is 23.2. The number of aromatic nitrogens is 4. The Morgan fingerprint density at radius 3 is 2.94 bits per heavy atom. The predicted octanol–water partition coefficient (Wildman–Crippen LogP) is 0.376. The van der Waals surface area contributed by atoms with Crippen molar-refractivity contribution in [2.75, 3.05) is 0 Å². The highest BCUT2D eigenvalue weighted by Gasteiger charge is 2.06. The van der Waals surface area contributed by atoms with Crippen LogP contribution in [0.3, 0.4) is 0 Å². The monoisotopic (exact) mass is 213 g/mol. The zero-order valence-corrected chi connectivity index (χ0v) is 8.16. The molecule has 0 saturated carbocycles. The van der Waals surface area contributed by atoms with Gasteiger partial charge in [0.2, 0.25) is 0 Å². The summed E-state index contributed by atoms with van der Waals surface area (Å²) in [7, 11) is 0. The first kappa shape index (κ1) is 8.78. The van der Waals surface area contributed by atoms with Crippen LogP contribution in [0.25, 0.3) is 16.6 Å². The number of nitrogens with zero attached hydrogens (tertiary/aromatic N) is 4. The number of rotatable bonds is 1. The number of carbonyl (C=O) groups excluding carboxylic acids is 1. The van der Waals surface area contributed by atoms with E-state index in [1.165, 1.54) is 6.20 Å². The smallest absolute Gasteiger partial charge is 0.267 e. The van der Waals surface area contributed by atoms with Crippen LogP contribution in [0.5, 0.6) is 0 Å². The van der Waals surface area contributed by atoms with Gasteiger partial charge in [-0.2, -0.15) is 0 Å². The Balaban J connectivity index is 2.46. The summed E-state index contributed by atoms with van der Waals surface area (Å²) in [5.41, 5.74) is 7.70. The van der Waals surface area contributed by atoms with Crippen molar-refractivity contribution in [3.05, 3.63) is 36.7 Å². The quantitative estimate of drug-likeness (QED) is 0.633. The van der Waals surface area contributed by atoms with E-state index in [-0.39, 0.29) is 5.69 Å². The van der Waals surface area contributed by atoms with Gasteiger partial charge in [-0.3, -0.25) is 14.2 Å². The third kappa shape index (κ3) is 1.13. The molecule has 0 bridgehead atoms. The molecular weight excluding hydrogens is 206 g/mol. The van der Waals surface area contributed by atoms with Crippen LogP contribution in [0.2, 0.25) is 0 Å². The van der Waals surface area contributed by atoms with Crippen molar-refractivity contribution < 1.29 is 4.79 Å². The Hall–Kier alpha value is -2.50. The first-order chi connectivity index (χ1) is 7.75. The summed E-state index contributed by atoms with van der Waals surface area (Å²) in [5.74, 6) is -0.556. The van der Waals surface area contributed by atoms with Crippen LogP contribution in [0, 0.1) is 0 Å². The van der Waals surface area contributed by atoms with E-state index in [1.807, 2.05) is 4.40 Å². The van der Waals surface area contributed by atoms with Crippen LogP contribution in [0.15, 0.2) is 31.0 Å². The lowest BCUT2D eigenvalue weighted by Crippen LogP contribution is -2.13. The summed E-state index contributed by atoms with van der Waals surface area (Å²) in [6.07, 6.45) is 6.57. The molecule has 3 aromatic rings. The Morgan fingerprint density at radius 1 is 1.25 bits per heavy atom.